The van der Waals surface area contributed by atoms with Gasteiger partial charge in [0, 0.05) is 29.7 Å². The zero-order valence-electron chi connectivity index (χ0n) is 24.4. The van der Waals surface area contributed by atoms with Gasteiger partial charge in [0.25, 0.3) is 15.7 Å². The zero-order chi connectivity index (χ0) is 31.7. The summed E-state index contributed by atoms with van der Waals surface area (Å²) in [7, 11) is -3.04. The number of nitro benzene ring substituents is 1. The van der Waals surface area contributed by atoms with Gasteiger partial charge in [-0.3, -0.25) is 24.0 Å². The summed E-state index contributed by atoms with van der Waals surface area (Å²) in [6.07, 6.45) is 1.62. The molecular weight excluding hydrogens is 596 g/mol. The highest BCUT2D eigenvalue weighted by Gasteiger charge is 2.33. The van der Waals surface area contributed by atoms with E-state index in [2.05, 4.69) is 5.32 Å². The lowest BCUT2D eigenvalue weighted by Crippen LogP contribution is -2.51. The van der Waals surface area contributed by atoms with Crippen LogP contribution in [0.15, 0.2) is 71.6 Å². The minimum absolute atomic E-state index is 0.0196. The van der Waals surface area contributed by atoms with Crippen molar-refractivity contribution >= 4 is 44.8 Å². The maximum absolute atomic E-state index is 14.0. The average Bonchev–Trinajstić information content (AvgIpc) is 2.98. The molecule has 0 fully saturated rings. The molecule has 11 nitrogen and oxygen atoms in total. The Hall–Kier alpha value is -4.16. The van der Waals surface area contributed by atoms with Crippen molar-refractivity contribution in [2.75, 3.05) is 24.5 Å². The lowest BCUT2D eigenvalue weighted by Gasteiger charge is -2.32. The van der Waals surface area contributed by atoms with E-state index in [4.69, 9.17) is 16.3 Å². The van der Waals surface area contributed by atoms with E-state index in [9.17, 15) is 28.1 Å². The Morgan fingerprint density at radius 2 is 1.79 bits per heavy atom. The number of anilines is 1. The van der Waals surface area contributed by atoms with E-state index in [-0.39, 0.29) is 28.4 Å². The van der Waals surface area contributed by atoms with Gasteiger partial charge in [-0.25, -0.2) is 8.42 Å². The number of nitrogens with one attached hydrogen (secondary N) is 1. The van der Waals surface area contributed by atoms with E-state index in [1.54, 1.807) is 31.2 Å². The highest BCUT2D eigenvalue weighted by atomic mass is 35.5. The first kappa shape index (κ1) is 33.3. The molecule has 0 bridgehead atoms. The van der Waals surface area contributed by atoms with Gasteiger partial charge in [0.15, 0.2) is 0 Å². The summed E-state index contributed by atoms with van der Waals surface area (Å²) >= 11 is 6.17. The molecular formula is C30H35ClN4O7S. The number of unbranched alkanes of at least 4 members (excludes halogenated alkanes) is 1. The molecule has 0 spiro atoms. The molecule has 3 aromatic carbocycles. The Balaban J connectivity index is 2.07. The zero-order valence-corrected chi connectivity index (χ0v) is 26.0. The van der Waals surface area contributed by atoms with Gasteiger partial charge in [-0.05, 0) is 68.3 Å². The fraction of sp³-hybridized carbons (Fsp3) is 0.333. The van der Waals surface area contributed by atoms with Crippen LogP contribution in [-0.2, 0) is 26.2 Å². The van der Waals surface area contributed by atoms with Crippen molar-refractivity contribution in [1.82, 2.24) is 10.2 Å². The minimum Gasteiger partial charge on any atom is -0.497 e. The van der Waals surface area contributed by atoms with Crippen LogP contribution in [0.4, 0.5) is 11.4 Å². The number of aryl methyl sites for hydroxylation is 1. The van der Waals surface area contributed by atoms with E-state index in [0.29, 0.717) is 22.9 Å². The maximum atomic E-state index is 14.0. The van der Waals surface area contributed by atoms with Gasteiger partial charge in [0.1, 0.15) is 18.3 Å². The number of amides is 2. The van der Waals surface area contributed by atoms with Crippen molar-refractivity contribution in [3.63, 3.8) is 0 Å². The Morgan fingerprint density at radius 3 is 2.40 bits per heavy atom. The largest absolute Gasteiger partial charge is 0.497 e. The number of hydrogen-bond acceptors (Lipinski definition) is 7. The SMILES string of the molecule is CCCCNC(=O)C(C)N(Cc1cccc(Cl)c1)C(=O)CN(c1ccc(OC)cc1)S(=O)(=O)c1ccc(C)c([N+](=O)[O-])c1. The third-order valence-corrected chi connectivity index (χ3v) is 8.85. The Labute approximate surface area is 256 Å². The average molecular weight is 631 g/mol. The molecule has 1 atom stereocenters. The monoisotopic (exact) mass is 630 g/mol. The van der Waals surface area contributed by atoms with Crippen molar-refractivity contribution in [1.29, 1.82) is 0 Å². The van der Waals surface area contributed by atoms with E-state index >= 15 is 0 Å². The fourth-order valence-corrected chi connectivity index (χ4v) is 5.95. The molecule has 3 aromatic rings. The molecule has 13 heteroatoms. The van der Waals surface area contributed by atoms with Crippen molar-refractivity contribution < 1.29 is 27.7 Å². The summed E-state index contributed by atoms with van der Waals surface area (Å²) in [4.78, 5) is 38.9. The van der Waals surface area contributed by atoms with Crippen LogP contribution < -0.4 is 14.4 Å². The molecule has 0 aromatic heterocycles. The molecule has 0 saturated heterocycles. The minimum atomic E-state index is -4.50. The topological polar surface area (TPSA) is 139 Å². The van der Waals surface area contributed by atoms with Gasteiger partial charge < -0.3 is 15.0 Å². The van der Waals surface area contributed by atoms with Crippen molar-refractivity contribution in [2.24, 2.45) is 0 Å². The third-order valence-electron chi connectivity index (χ3n) is 6.84. The number of rotatable bonds is 14. The van der Waals surface area contributed by atoms with E-state index in [1.807, 2.05) is 6.92 Å². The summed E-state index contributed by atoms with van der Waals surface area (Å²) in [6.45, 7) is 4.77. The predicted octanol–water partition coefficient (Wildman–Crippen LogP) is 5.09. The maximum Gasteiger partial charge on any atom is 0.273 e. The third kappa shape index (κ3) is 8.45. The van der Waals surface area contributed by atoms with Crippen molar-refractivity contribution in [2.45, 2.75) is 51.1 Å². The molecule has 2 amide bonds. The van der Waals surface area contributed by atoms with Gasteiger partial charge in [-0.2, -0.15) is 0 Å². The molecule has 3 rings (SSSR count). The van der Waals surface area contributed by atoms with Crippen LogP contribution in [0.5, 0.6) is 5.75 Å². The van der Waals surface area contributed by atoms with E-state index in [1.165, 1.54) is 55.3 Å². The predicted molar refractivity (Wildman–Crippen MR) is 165 cm³/mol. The van der Waals surface area contributed by atoms with E-state index < -0.39 is 39.3 Å². The van der Waals surface area contributed by atoms with Gasteiger partial charge in [0.2, 0.25) is 11.8 Å². The molecule has 0 heterocycles. The fourth-order valence-electron chi connectivity index (χ4n) is 4.30. The van der Waals surface area contributed by atoms with Gasteiger partial charge in [-0.1, -0.05) is 43.1 Å². The smallest absolute Gasteiger partial charge is 0.273 e. The Morgan fingerprint density at radius 1 is 1.09 bits per heavy atom. The number of carbonyl (C=O) groups is 2. The lowest BCUT2D eigenvalue weighted by atomic mass is 10.1. The number of hydrogen-bond donors (Lipinski definition) is 1. The second-order valence-electron chi connectivity index (χ2n) is 9.89. The highest BCUT2D eigenvalue weighted by molar-refractivity contribution is 7.92. The molecule has 0 aliphatic heterocycles. The number of nitro groups is 1. The number of sulfonamides is 1. The first-order valence-corrected chi connectivity index (χ1v) is 15.4. The quantitative estimate of drug-likeness (QED) is 0.149. The van der Waals surface area contributed by atoms with Crippen LogP contribution in [0.25, 0.3) is 0 Å². The Bertz CT molecular complexity index is 1560. The molecule has 0 radical (unpaired) electrons. The standard InChI is InChI=1S/C30H35ClN4O7S/c1-5-6-16-32-30(37)22(3)33(19-23-8-7-9-24(31)17-23)29(36)20-34(25-11-13-26(42-4)14-12-25)43(40,41)27-15-10-21(2)28(18-27)35(38)39/h7-15,17-18,22H,5-6,16,19-20H2,1-4H3,(H,32,37). The number of halogens is 1. The number of methoxy groups -OCH3 is 1. The summed E-state index contributed by atoms with van der Waals surface area (Å²) in [6, 6.07) is 15.4. The summed E-state index contributed by atoms with van der Waals surface area (Å²) < 4.78 is 34.1. The van der Waals surface area contributed by atoms with Crippen molar-refractivity contribution in [3.8, 4) is 5.75 Å². The van der Waals surface area contributed by atoms with Crippen LogP contribution in [0.2, 0.25) is 5.02 Å². The molecule has 0 aliphatic rings. The molecule has 230 valence electrons. The summed E-state index contributed by atoms with van der Waals surface area (Å²) in [5.74, 6) is -0.602. The van der Waals surface area contributed by atoms with Crippen LogP contribution >= 0.6 is 11.6 Å². The second-order valence-corrected chi connectivity index (χ2v) is 12.2. The number of ether oxygens (including phenoxy) is 1. The van der Waals surface area contributed by atoms with Crippen LogP contribution in [0, 0.1) is 17.0 Å². The van der Waals surface area contributed by atoms with Gasteiger partial charge in [-0.15, -0.1) is 0 Å². The van der Waals surface area contributed by atoms with Gasteiger partial charge >= 0.3 is 0 Å². The first-order chi connectivity index (χ1) is 20.4. The number of carbonyl (C=O) groups excluding carboxylic acids is 2. The Kier molecular flexibility index (Phi) is 11.5. The normalized spacial score (nSPS) is 11.8. The summed E-state index contributed by atoms with van der Waals surface area (Å²) in [5.41, 5.74) is 0.677. The van der Waals surface area contributed by atoms with Crippen LogP contribution in [0.1, 0.15) is 37.8 Å². The molecule has 1 unspecified atom stereocenters. The summed E-state index contributed by atoms with van der Waals surface area (Å²) in [5, 5.41) is 14.8. The van der Waals surface area contributed by atoms with Crippen LogP contribution in [-0.4, -0.2) is 56.3 Å². The number of nitrogens with zero attached hydrogens (tertiary/aromatic N) is 3. The molecule has 0 aliphatic carbocycles. The van der Waals surface area contributed by atoms with Crippen LogP contribution in [0.3, 0.4) is 0 Å². The first-order valence-electron chi connectivity index (χ1n) is 13.6. The molecule has 43 heavy (non-hydrogen) atoms. The molecule has 1 N–H and O–H groups in total. The highest BCUT2D eigenvalue weighted by Crippen LogP contribution is 2.29. The lowest BCUT2D eigenvalue weighted by molar-refractivity contribution is -0.385. The molecule has 0 saturated carbocycles. The van der Waals surface area contributed by atoms with E-state index in [0.717, 1.165) is 23.2 Å². The second kappa shape index (κ2) is 14.8. The van der Waals surface area contributed by atoms with Gasteiger partial charge in [0.05, 0.1) is 22.6 Å². The van der Waals surface area contributed by atoms with Crippen molar-refractivity contribution in [3.05, 3.63) is 93.0 Å². The number of benzene rings is 3.